The fourth-order valence-corrected chi connectivity index (χ4v) is 2.74. The molecule has 0 aliphatic carbocycles. The summed E-state index contributed by atoms with van der Waals surface area (Å²) in [4.78, 5) is -0.231. The Balaban J connectivity index is 2.30. The predicted octanol–water partition coefficient (Wildman–Crippen LogP) is 2.22. The summed E-state index contributed by atoms with van der Waals surface area (Å²) in [5.41, 5.74) is 5.82. The molecule has 0 bridgehead atoms. The Morgan fingerprint density at radius 1 is 1.15 bits per heavy atom. The van der Waals surface area contributed by atoms with Crippen molar-refractivity contribution in [3.8, 4) is 5.75 Å². The Bertz CT molecular complexity index is 695. The molecular weight excluding hydrogens is 283 g/mol. The number of hydrogen-bond donors (Lipinski definition) is 2. The Morgan fingerprint density at radius 2 is 1.80 bits per heavy atom. The summed E-state index contributed by atoms with van der Waals surface area (Å²) >= 11 is 0. The largest absolute Gasteiger partial charge is 0.497 e. The van der Waals surface area contributed by atoms with Crippen molar-refractivity contribution in [3.05, 3.63) is 48.3 Å². The molecular formula is C13H13FN2O3S. The Kier molecular flexibility index (Phi) is 3.80. The highest BCUT2D eigenvalue weighted by Crippen LogP contribution is 2.21. The second kappa shape index (κ2) is 5.38. The first kappa shape index (κ1) is 14.1. The summed E-state index contributed by atoms with van der Waals surface area (Å²) in [6, 6.07) is 9.44. The first-order chi connectivity index (χ1) is 9.40. The van der Waals surface area contributed by atoms with Gasteiger partial charge in [-0.05, 0) is 42.5 Å². The SMILES string of the molecule is COc1ccc(NS(=O)(=O)c2cc(N)cc(F)c2)cc1. The molecule has 0 atom stereocenters. The lowest BCUT2D eigenvalue weighted by Gasteiger charge is -2.09. The van der Waals surface area contributed by atoms with E-state index in [1.807, 2.05) is 0 Å². The van der Waals surface area contributed by atoms with E-state index in [0.29, 0.717) is 11.4 Å². The van der Waals surface area contributed by atoms with Gasteiger partial charge in [0.05, 0.1) is 12.0 Å². The summed E-state index contributed by atoms with van der Waals surface area (Å²) in [7, 11) is -2.38. The van der Waals surface area contributed by atoms with Crippen LogP contribution in [0.1, 0.15) is 0 Å². The minimum absolute atomic E-state index is 0.0418. The number of anilines is 2. The minimum Gasteiger partial charge on any atom is -0.497 e. The number of halogens is 1. The normalized spacial score (nSPS) is 11.1. The second-order valence-corrected chi connectivity index (χ2v) is 5.74. The zero-order chi connectivity index (χ0) is 14.8. The van der Waals surface area contributed by atoms with E-state index in [2.05, 4.69) is 4.72 Å². The Hall–Kier alpha value is -2.28. The van der Waals surface area contributed by atoms with Gasteiger partial charge < -0.3 is 10.5 Å². The summed E-state index contributed by atoms with van der Waals surface area (Å²) in [5.74, 6) is -0.108. The summed E-state index contributed by atoms with van der Waals surface area (Å²) < 4.78 is 44.7. The molecule has 106 valence electrons. The van der Waals surface area contributed by atoms with Crippen LogP contribution in [-0.4, -0.2) is 15.5 Å². The Morgan fingerprint density at radius 3 is 2.35 bits per heavy atom. The van der Waals surface area contributed by atoms with Gasteiger partial charge in [0.25, 0.3) is 10.0 Å². The molecule has 5 nitrogen and oxygen atoms in total. The molecule has 0 heterocycles. The summed E-state index contributed by atoms with van der Waals surface area (Å²) in [6.45, 7) is 0. The standard InChI is InChI=1S/C13H13FN2O3S/c1-19-12-4-2-11(3-5-12)16-20(17,18)13-7-9(14)6-10(15)8-13/h2-8,16H,15H2,1H3. The third-order valence-corrected chi connectivity index (χ3v) is 3.91. The van der Waals surface area contributed by atoms with Gasteiger partial charge in [0.1, 0.15) is 11.6 Å². The van der Waals surface area contributed by atoms with E-state index in [-0.39, 0.29) is 10.6 Å². The third kappa shape index (κ3) is 3.18. The maximum atomic E-state index is 13.2. The van der Waals surface area contributed by atoms with Crippen LogP contribution in [0, 0.1) is 5.82 Å². The lowest BCUT2D eigenvalue weighted by atomic mass is 10.3. The van der Waals surface area contributed by atoms with Crippen molar-refractivity contribution in [1.82, 2.24) is 0 Å². The smallest absolute Gasteiger partial charge is 0.262 e. The molecule has 0 saturated heterocycles. The lowest BCUT2D eigenvalue weighted by molar-refractivity contribution is 0.415. The van der Waals surface area contributed by atoms with Crippen LogP contribution >= 0.6 is 0 Å². The lowest BCUT2D eigenvalue weighted by Crippen LogP contribution is -2.13. The van der Waals surface area contributed by atoms with Gasteiger partial charge >= 0.3 is 0 Å². The highest BCUT2D eigenvalue weighted by Gasteiger charge is 2.16. The van der Waals surface area contributed by atoms with Crippen LogP contribution in [0.5, 0.6) is 5.75 Å². The average Bonchev–Trinajstić information content (AvgIpc) is 2.38. The van der Waals surface area contributed by atoms with E-state index in [1.54, 1.807) is 24.3 Å². The van der Waals surface area contributed by atoms with Crippen molar-refractivity contribution in [1.29, 1.82) is 0 Å². The highest BCUT2D eigenvalue weighted by molar-refractivity contribution is 7.92. The summed E-state index contributed by atoms with van der Waals surface area (Å²) in [6.07, 6.45) is 0. The van der Waals surface area contributed by atoms with E-state index in [1.165, 1.54) is 13.2 Å². The molecule has 3 N–H and O–H groups in total. The molecule has 0 amide bonds. The molecule has 0 saturated carbocycles. The Labute approximate surface area is 116 Å². The number of nitrogen functional groups attached to an aromatic ring is 1. The minimum atomic E-state index is -3.89. The van der Waals surface area contributed by atoms with Gasteiger partial charge in [-0.2, -0.15) is 0 Å². The summed E-state index contributed by atoms with van der Waals surface area (Å²) in [5, 5.41) is 0. The molecule has 0 spiro atoms. The van der Waals surface area contributed by atoms with Crippen molar-refractivity contribution < 1.29 is 17.5 Å². The number of hydrogen-bond acceptors (Lipinski definition) is 4. The number of nitrogens with one attached hydrogen (secondary N) is 1. The van der Waals surface area contributed by atoms with Gasteiger partial charge in [0.15, 0.2) is 0 Å². The first-order valence-electron chi connectivity index (χ1n) is 5.64. The van der Waals surface area contributed by atoms with Crippen LogP contribution in [0.4, 0.5) is 15.8 Å². The topological polar surface area (TPSA) is 81.4 Å². The molecule has 0 aromatic heterocycles. The van der Waals surface area contributed by atoms with Gasteiger partial charge in [-0.3, -0.25) is 4.72 Å². The molecule has 20 heavy (non-hydrogen) atoms. The fourth-order valence-electron chi connectivity index (χ4n) is 1.61. The molecule has 0 radical (unpaired) electrons. The quantitative estimate of drug-likeness (QED) is 0.848. The van der Waals surface area contributed by atoms with E-state index < -0.39 is 15.8 Å². The van der Waals surface area contributed by atoms with Gasteiger partial charge in [-0.1, -0.05) is 0 Å². The molecule has 2 rings (SSSR count). The number of rotatable bonds is 4. The average molecular weight is 296 g/mol. The maximum absolute atomic E-state index is 13.2. The van der Waals surface area contributed by atoms with Crippen molar-refractivity contribution >= 4 is 21.4 Å². The number of ether oxygens (including phenoxy) is 1. The van der Waals surface area contributed by atoms with Crippen molar-refractivity contribution in [3.63, 3.8) is 0 Å². The van der Waals surface area contributed by atoms with Crippen molar-refractivity contribution in [2.75, 3.05) is 17.6 Å². The van der Waals surface area contributed by atoms with Crippen LogP contribution in [0.25, 0.3) is 0 Å². The monoisotopic (exact) mass is 296 g/mol. The number of nitrogens with two attached hydrogens (primary N) is 1. The molecule has 7 heteroatoms. The van der Waals surface area contributed by atoms with Crippen molar-refractivity contribution in [2.24, 2.45) is 0 Å². The first-order valence-corrected chi connectivity index (χ1v) is 7.12. The van der Waals surface area contributed by atoms with E-state index in [9.17, 15) is 12.8 Å². The van der Waals surface area contributed by atoms with Crippen LogP contribution in [0.3, 0.4) is 0 Å². The van der Waals surface area contributed by atoms with Crippen LogP contribution in [0.15, 0.2) is 47.4 Å². The number of methoxy groups -OCH3 is 1. The molecule has 0 fully saturated rings. The van der Waals surface area contributed by atoms with E-state index >= 15 is 0 Å². The number of benzene rings is 2. The number of sulfonamides is 1. The molecule has 2 aromatic rings. The second-order valence-electron chi connectivity index (χ2n) is 4.05. The maximum Gasteiger partial charge on any atom is 0.262 e. The van der Waals surface area contributed by atoms with E-state index in [0.717, 1.165) is 12.1 Å². The zero-order valence-corrected chi connectivity index (χ0v) is 11.4. The predicted molar refractivity (Wildman–Crippen MR) is 74.6 cm³/mol. The van der Waals surface area contributed by atoms with Crippen LogP contribution < -0.4 is 15.2 Å². The van der Waals surface area contributed by atoms with Gasteiger partial charge in [0.2, 0.25) is 0 Å². The molecule has 0 unspecified atom stereocenters. The van der Waals surface area contributed by atoms with Gasteiger partial charge in [-0.15, -0.1) is 0 Å². The third-order valence-electron chi connectivity index (χ3n) is 2.55. The fraction of sp³-hybridized carbons (Fsp3) is 0.0769. The van der Waals surface area contributed by atoms with Gasteiger partial charge in [-0.25, -0.2) is 12.8 Å². The zero-order valence-electron chi connectivity index (χ0n) is 10.6. The van der Waals surface area contributed by atoms with Gasteiger partial charge in [0, 0.05) is 11.4 Å². The highest BCUT2D eigenvalue weighted by atomic mass is 32.2. The van der Waals surface area contributed by atoms with E-state index in [4.69, 9.17) is 10.5 Å². The molecule has 2 aromatic carbocycles. The van der Waals surface area contributed by atoms with Crippen LogP contribution in [-0.2, 0) is 10.0 Å². The molecule has 0 aliphatic heterocycles. The van der Waals surface area contributed by atoms with Crippen LogP contribution in [0.2, 0.25) is 0 Å². The molecule has 0 aliphatic rings. The van der Waals surface area contributed by atoms with Crippen molar-refractivity contribution in [2.45, 2.75) is 4.90 Å².